The van der Waals surface area contributed by atoms with E-state index in [0.717, 1.165) is 6.07 Å². The van der Waals surface area contributed by atoms with E-state index >= 15 is 0 Å². The van der Waals surface area contributed by atoms with Gasteiger partial charge in [0.05, 0.1) is 19.3 Å². The number of carbonyl (C=O) groups excluding carboxylic acids is 1. The Balaban J connectivity index is 1.98. The van der Waals surface area contributed by atoms with Crippen molar-refractivity contribution in [3.63, 3.8) is 0 Å². The summed E-state index contributed by atoms with van der Waals surface area (Å²) in [5.41, 5.74) is 0.784. The molecule has 0 unspecified atom stereocenters. The lowest BCUT2D eigenvalue weighted by atomic mass is 10.2. The molecule has 0 aliphatic rings. The summed E-state index contributed by atoms with van der Waals surface area (Å²) in [5.74, 6) is -1.25. The van der Waals surface area contributed by atoms with Crippen molar-refractivity contribution in [1.82, 2.24) is 4.90 Å². The van der Waals surface area contributed by atoms with Gasteiger partial charge in [0.2, 0.25) is 5.91 Å². The summed E-state index contributed by atoms with van der Waals surface area (Å²) in [6.07, 6.45) is 0. The van der Waals surface area contributed by atoms with Crippen molar-refractivity contribution >= 4 is 23.2 Å². The molecule has 0 fully saturated rings. The molecule has 0 heterocycles. The van der Waals surface area contributed by atoms with E-state index in [2.05, 4.69) is 5.32 Å². The molecule has 7 heteroatoms. The van der Waals surface area contributed by atoms with Crippen molar-refractivity contribution in [2.45, 2.75) is 13.5 Å². The van der Waals surface area contributed by atoms with E-state index in [1.165, 1.54) is 25.3 Å². The molecule has 0 saturated heterocycles. The SMILES string of the molecule is CCN(CC(=O)Nc1ccc(Cl)cc1F)Cc1ccc(OC)c(F)c1. The number of anilines is 1. The molecule has 2 aromatic carbocycles. The van der Waals surface area contributed by atoms with Crippen LogP contribution in [0.5, 0.6) is 5.75 Å². The van der Waals surface area contributed by atoms with Crippen LogP contribution in [0.1, 0.15) is 12.5 Å². The van der Waals surface area contributed by atoms with Crippen LogP contribution < -0.4 is 10.1 Å². The number of carbonyl (C=O) groups is 1. The third kappa shape index (κ3) is 5.41. The first kappa shape index (κ1) is 19.1. The van der Waals surface area contributed by atoms with Gasteiger partial charge in [0.15, 0.2) is 11.6 Å². The predicted molar refractivity (Wildman–Crippen MR) is 93.9 cm³/mol. The zero-order valence-corrected chi connectivity index (χ0v) is 14.7. The van der Waals surface area contributed by atoms with Gasteiger partial charge in [-0.1, -0.05) is 24.6 Å². The Hall–Kier alpha value is -2.18. The van der Waals surface area contributed by atoms with Crippen LogP contribution in [0, 0.1) is 11.6 Å². The maximum Gasteiger partial charge on any atom is 0.238 e. The van der Waals surface area contributed by atoms with Gasteiger partial charge in [-0.3, -0.25) is 9.69 Å². The number of ether oxygens (including phenoxy) is 1. The summed E-state index contributed by atoms with van der Waals surface area (Å²) in [5, 5.41) is 2.77. The van der Waals surface area contributed by atoms with Crippen LogP contribution in [0.2, 0.25) is 5.02 Å². The van der Waals surface area contributed by atoms with Crippen LogP contribution in [0.3, 0.4) is 0 Å². The summed E-state index contributed by atoms with van der Waals surface area (Å²) in [7, 11) is 1.40. The molecule has 0 saturated carbocycles. The number of hydrogen-bond donors (Lipinski definition) is 1. The molecule has 0 aliphatic carbocycles. The number of nitrogens with zero attached hydrogens (tertiary/aromatic N) is 1. The predicted octanol–water partition coefficient (Wildman–Crippen LogP) is 4.09. The molecule has 134 valence electrons. The summed E-state index contributed by atoms with van der Waals surface area (Å²) < 4.78 is 32.4. The highest BCUT2D eigenvalue weighted by Gasteiger charge is 2.13. The lowest BCUT2D eigenvalue weighted by Gasteiger charge is -2.20. The standard InChI is InChI=1S/C18H19ClF2N2O2/c1-3-23(10-12-4-7-17(25-2)15(21)8-12)11-18(24)22-16-6-5-13(19)9-14(16)20/h4-9H,3,10-11H2,1-2H3,(H,22,24). The lowest BCUT2D eigenvalue weighted by molar-refractivity contribution is -0.117. The Bertz CT molecular complexity index is 756. The van der Waals surface area contributed by atoms with Gasteiger partial charge < -0.3 is 10.1 Å². The van der Waals surface area contributed by atoms with Gasteiger partial charge in [-0.25, -0.2) is 8.78 Å². The molecule has 0 atom stereocenters. The van der Waals surface area contributed by atoms with E-state index in [0.29, 0.717) is 18.7 Å². The molecule has 25 heavy (non-hydrogen) atoms. The molecular formula is C18H19ClF2N2O2. The maximum atomic E-state index is 13.8. The molecule has 1 N–H and O–H groups in total. The minimum Gasteiger partial charge on any atom is -0.494 e. The van der Waals surface area contributed by atoms with E-state index in [4.69, 9.17) is 16.3 Å². The Morgan fingerprint density at radius 1 is 1.20 bits per heavy atom. The van der Waals surface area contributed by atoms with Crippen LogP contribution in [-0.2, 0) is 11.3 Å². The number of hydrogen-bond acceptors (Lipinski definition) is 3. The quantitative estimate of drug-likeness (QED) is 0.800. The Kier molecular flexibility index (Phi) is 6.73. The molecule has 2 rings (SSSR count). The molecule has 0 bridgehead atoms. The number of benzene rings is 2. The molecule has 0 aromatic heterocycles. The molecule has 4 nitrogen and oxygen atoms in total. The fourth-order valence-electron chi connectivity index (χ4n) is 2.33. The molecule has 1 amide bonds. The van der Waals surface area contributed by atoms with Gasteiger partial charge in [0, 0.05) is 11.6 Å². The second-order valence-electron chi connectivity index (χ2n) is 5.44. The second-order valence-corrected chi connectivity index (χ2v) is 5.88. The van der Waals surface area contributed by atoms with Gasteiger partial charge in [0.25, 0.3) is 0 Å². The summed E-state index contributed by atoms with van der Waals surface area (Å²) in [6, 6.07) is 8.69. The van der Waals surface area contributed by atoms with Crippen molar-refractivity contribution in [3.8, 4) is 5.75 Å². The highest BCUT2D eigenvalue weighted by molar-refractivity contribution is 6.30. The zero-order chi connectivity index (χ0) is 18.4. The van der Waals surface area contributed by atoms with Gasteiger partial charge >= 0.3 is 0 Å². The van der Waals surface area contributed by atoms with Gasteiger partial charge in [-0.05, 0) is 42.4 Å². The van der Waals surface area contributed by atoms with E-state index in [9.17, 15) is 13.6 Å². The molecular weight excluding hydrogens is 350 g/mol. The van der Waals surface area contributed by atoms with E-state index in [1.807, 2.05) is 11.8 Å². The maximum absolute atomic E-state index is 13.8. The number of rotatable bonds is 7. The number of likely N-dealkylation sites (N-methyl/N-ethyl adjacent to an activating group) is 1. The number of amides is 1. The van der Waals surface area contributed by atoms with Gasteiger partial charge in [-0.2, -0.15) is 0 Å². The van der Waals surface area contributed by atoms with Crippen molar-refractivity contribution in [3.05, 3.63) is 58.6 Å². The minimum atomic E-state index is -0.596. The van der Waals surface area contributed by atoms with E-state index in [-0.39, 0.29) is 28.9 Å². The summed E-state index contributed by atoms with van der Waals surface area (Å²) in [6.45, 7) is 2.89. The first-order valence-electron chi connectivity index (χ1n) is 7.72. The average molecular weight is 369 g/mol. The minimum absolute atomic E-state index is 0.0478. The molecule has 0 spiro atoms. The lowest BCUT2D eigenvalue weighted by Crippen LogP contribution is -2.33. The first-order valence-corrected chi connectivity index (χ1v) is 8.10. The summed E-state index contributed by atoms with van der Waals surface area (Å²) >= 11 is 5.68. The van der Waals surface area contributed by atoms with Gasteiger partial charge in [-0.15, -0.1) is 0 Å². The van der Waals surface area contributed by atoms with Crippen LogP contribution >= 0.6 is 11.6 Å². The normalized spacial score (nSPS) is 10.8. The van der Waals surface area contributed by atoms with Gasteiger partial charge in [0.1, 0.15) is 5.82 Å². The van der Waals surface area contributed by atoms with Crippen LogP contribution in [0.15, 0.2) is 36.4 Å². The third-order valence-corrected chi connectivity index (χ3v) is 3.88. The zero-order valence-electron chi connectivity index (χ0n) is 14.0. The summed E-state index contributed by atoms with van der Waals surface area (Å²) in [4.78, 5) is 13.9. The molecule has 0 aliphatic heterocycles. The first-order chi connectivity index (χ1) is 11.9. The van der Waals surface area contributed by atoms with Crippen molar-refractivity contribution < 1.29 is 18.3 Å². The Morgan fingerprint density at radius 2 is 1.96 bits per heavy atom. The van der Waals surface area contributed by atoms with Crippen molar-refractivity contribution in [2.75, 3.05) is 25.5 Å². The number of halogens is 3. The van der Waals surface area contributed by atoms with Crippen LogP contribution in [-0.4, -0.2) is 31.0 Å². The monoisotopic (exact) mass is 368 g/mol. The second kappa shape index (κ2) is 8.78. The third-order valence-electron chi connectivity index (χ3n) is 3.64. The Labute approximate surface area is 150 Å². The fraction of sp³-hybridized carbons (Fsp3) is 0.278. The Morgan fingerprint density at radius 3 is 2.56 bits per heavy atom. The van der Waals surface area contributed by atoms with Crippen molar-refractivity contribution in [1.29, 1.82) is 0 Å². The van der Waals surface area contributed by atoms with E-state index in [1.54, 1.807) is 12.1 Å². The highest BCUT2D eigenvalue weighted by Crippen LogP contribution is 2.20. The van der Waals surface area contributed by atoms with Crippen molar-refractivity contribution in [2.24, 2.45) is 0 Å². The van der Waals surface area contributed by atoms with E-state index < -0.39 is 11.6 Å². The largest absolute Gasteiger partial charge is 0.494 e. The molecule has 2 aromatic rings. The highest BCUT2D eigenvalue weighted by atomic mass is 35.5. The smallest absolute Gasteiger partial charge is 0.238 e. The number of nitrogens with one attached hydrogen (secondary N) is 1. The molecule has 0 radical (unpaired) electrons. The number of methoxy groups -OCH3 is 1. The average Bonchev–Trinajstić information content (AvgIpc) is 2.57. The topological polar surface area (TPSA) is 41.6 Å². The van der Waals surface area contributed by atoms with Crippen LogP contribution in [0.4, 0.5) is 14.5 Å². The van der Waals surface area contributed by atoms with Crippen LogP contribution in [0.25, 0.3) is 0 Å². The fourth-order valence-corrected chi connectivity index (χ4v) is 2.49.